The fourth-order valence-corrected chi connectivity index (χ4v) is 2.31. The normalized spacial score (nSPS) is 10.4. The minimum atomic E-state index is 0.446. The Morgan fingerprint density at radius 1 is 0.870 bits per heavy atom. The molecule has 4 nitrogen and oxygen atoms in total. The van der Waals surface area contributed by atoms with E-state index in [4.69, 9.17) is 19.9 Å². The van der Waals surface area contributed by atoms with Gasteiger partial charge >= 0.3 is 0 Å². The van der Waals surface area contributed by atoms with Crippen LogP contribution in [0.3, 0.4) is 0 Å². The Labute approximate surface area is 138 Å². The molecule has 0 aliphatic heterocycles. The van der Waals surface area contributed by atoms with Crippen molar-refractivity contribution in [1.82, 2.24) is 0 Å². The van der Waals surface area contributed by atoms with E-state index >= 15 is 0 Å². The molecular formula is C19H25NO3. The maximum absolute atomic E-state index is 5.75. The molecule has 0 unspecified atom stereocenters. The average Bonchev–Trinajstić information content (AvgIpc) is 2.60. The lowest BCUT2D eigenvalue weighted by atomic mass is 10.1. The van der Waals surface area contributed by atoms with Crippen LogP contribution in [0.15, 0.2) is 42.5 Å². The Bertz CT molecular complexity index is 596. The molecule has 0 amide bonds. The van der Waals surface area contributed by atoms with Crippen LogP contribution >= 0.6 is 0 Å². The van der Waals surface area contributed by atoms with E-state index in [9.17, 15) is 0 Å². The summed E-state index contributed by atoms with van der Waals surface area (Å²) in [5.41, 5.74) is 7.99. The van der Waals surface area contributed by atoms with Gasteiger partial charge in [0.15, 0.2) is 11.5 Å². The van der Waals surface area contributed by atoms with Gasteiger partial charge in [-0.2, -0.15) is 0 Å². The summed E-state index contributed by atoms with van der Waals surface area (Å²) >= 11 is 0. The van der Waals surface area contributed by atoms with E-state index in [1.165, 1.54) is 5.56 Å². The zero-order valence-corrected chi connectivity index (χ0v) is 13.9. The first kappa shape index (κ1) is 17.2. The summed E-state index contributed by atoms with van der Waals surface area (Å²) < 4.78 is 16.7. The lowest BCUT2D eigenvalue weighted by molar-refractivity contribution is 0.211. The van der Waals surface area contributed by atoms with Gasteiger partial charge in [0.1, 0.15) is 19.0 Å². The topological polar surface area (TPSA) is 53.7 Å². The first-order chi connectivity index (χ1) is 11.3. The molecule has 0 aliphatic rings. The lowest BCUT2D eigenvalue weighted by Gasteiger charge is -2.12. The van der Waals surface area contributed by atoms with Crippen LogP contribution in [0.2, 0.25) is 0 Å². The molecule has 23 heavy (non-hydrogen) atoms. The molecule has 0 spiro atoms. The minimum Gasteiger partial charge on any atom is -0.493 e. The van der Waals surface area contributed by atoms with Crippen molar-refractivity contribution in [2.24, 2.45) is 5.73 Å². The number of methoxy groups -OCH3 is 1. The van der Waals surface area contributed by atoms with Crippen molar-refractivity contribution >= 4 is 0 Å². The van der Waals surface area contributed by atoms with E-state index in [0.717, 1.165) is 24.2 Å². The zero-order chi connectivity index (χ0) is 16.5. The molecule has 0 radical (unpaired) electrons. The second-order valence-corrected chi connectivity index (χ2v) is 5.28. The molecule has 0 saturated heterocycles. The van der Waals surface area contributed by atoms with E-state index in [1.54, 1.807) is 7.11 Å². The Morgan fingerprint density at radius 2 is 1.57 bits per heavy atom. The maximum Gasteiger partial charge on any atom is 0.161 e. The Hall–Kier alpha value is -2.20. The van der Waals surface area contributed by atoms with Crippen molar-refractivity contribution in [2.45, 2.75) is 26.3 Å². The number of aryl methyl sites for hydroxylation is 1. The molecule has 0 bridgehead atoms. The minimum absolute atomic E-state index is 0.446. The van der Waals surface area contributed by atoms with Crippen LogP contribution in [0.25, 0.3) is 0 Å². The standard InChI is InChI=1S/C19H25NO3/c1-3-4-15-5-8-17(9-6-15)22-11-12-23-19-13-16(14-20)7-10-18(19)21-2/h5-10,13H,3-4,11-12,14,20H2,1-2H3. The van der Waals surface area contributed by atoms with Crippen molar-refractivity contribution in [3.63, 3.8) is 0 Å². The van der Waals surface area contributed by atoms with E-state index in [0.29, 0.717) is 31.3 Å². The van der Waals surface area contributed by atoms with Gasteiger partial charge in [0.25, 0.3) is 0 Å². The molecule has 0 saturated carbocycles. The second-order valence-electron chi connectivity index (χ2n) is 5.28. The van der Waals surface area contributed by atoms with Crippen LogP contribution in [0.1, 0.15) is 24.5 Å². The number of hydrogen-bond donors (Lipinski definition) is 1. The molecule has 2 aromatic rings. The smallest absolute Gasteiger partial charge is 0.161 e. The number of rotatable bonds is 9. The van der Waals surface area contributed by atoms with Gasteiger partial charge in [0.05, 0.1) is 7.11 Å². The van der Waals surface area contributed by atoms with Gasteiger partial charge in [0, 0.05) is 6.54 Å². The van der Waals surface area contributed by atoms with Gasteiger partial charge in [-0.25, -0.2) is 0 Å². The first-order valence-corrected chi connectivity index (χ1v) is 7.98. The first-order valence-electron chi connectivity index (χ1n) is 7.98. The van der Waals surface area contributed by atoms with Gasteiger partial charge in [-0.05, 0) is 41.8 Å². The van der Waals surface area contributed by atoms with E-state index < -0.39 is 0 Å². The fraction of sp³-hybridized carbons (Fsp3) is 0.368. The molecule has 124 valence electrons. The summed E-state index contributed by atoms with van der Waals surface area (Å²) in [6, 6.07) is 13.9. The zero-order valence-electron chi connectivity index (χ0n) is 13.9. The molecule has 2 aromatic carbocycles. The predicted molar refractivity (Wildman–Crippen MR) is 92.3 cm³/mol. The van der Waals surface area contributed by atoms with Gasteiger partial charge in [0.2, 0.25) is 0 Å². The third kappa shape index (κ3) is 5.18. The van der Waals surface area contributed by atoms with Gasteiger partial charge in [-0.3, -0.25) is 0 Å². The summed E-state index contributed by atoms with van der Waals surface area (Å²) in [6.07, 6.45) is 2.25. The van der Waals surface area contributed by atoms with Crippen LogP contribution in [-0.4, -0.2) is 20.3 Å². The lowest BCUT2D eigenvalue weighted by Crippen LogP contribution is -2.10. The Morgan fingerprint density at radius 3 is 2.22 bits per heavy atom. The van der Waals surface area contributed by atoms with Crippen LogP contribution in [-0.2, 0) is 13.0 Å². The van der Waals surface area contributed by atoms with Crippen molar-refractivity contribution in [3.8, 4) is 17.2 Å². The average molecular weight is 315 g/mol. The molecule has 2 rings (SSSR count). The number of hydrogen-bond acceptors (Lipinski definition) is 4. The molecule has 0 atom stereocenters. The fourth-order valence-electron chi connectivity index (χ4n) is 2.31. The summed E-state index contributed by atoms with van der Waals surface area (Å²) in [6.45, 7) is 3.57. The quantitative estimate of drug-likeness (QED) is 0.719. The largest absolute Gasteiger partial charge is 0.493 e. The summed E-state index contributed by atoms with van der Waals surface area (Å²) in [4.78, 5) is 0. The third-order valence-corrected chi connectivity index (χ3v) is 3.54. The highest BCUT2D eigenvalue weighted by Crippen LogP contribution is 2.27. The highest BCUT2D eigenvalue weighted by molar-refractivity contribution is 5.42. The van der Waals surface area contributed by atoms with Crippen LogP contribution < -0.4 is 19.9 Å². The van der Waals surface area contributed by atoms with Gasteiger partial charge < -0.3 is 19.9 Å². The molecular weight excluding hydrogens is 290 g/mol. The van der Waals surface area contributed by atoms with E-state index in [1.807, 2.05) is 30.3 Å². The third-order valence-electron chi connectivity index (χ3n) is 3.54. The van der Waals surface area contributed by atoms with Crippen LogP contribution in [0, 0.1) is 0 Å². The number of benzene rings is 2. The summed E-state index contributed by atoms with van der Waals surface area (Å²) in [7, 11) is 1.62. The number of nitrogens with two attached hydrogens (primary N) is 1. The monoisotopic (exact) mass is 315 g/mol. The molecule has 0 fully saturated rings. The second kappa shape index (κ2) is 9.06. The molecule has 0 aliphatic carbocycles. The van der Waals surface area contributed by atoms with Gasteiger partial charge in [-0.15, -0.1) is 0 Å². The number of ether oxygens (including phenoxy) is 3. The molecule has 0 heterocycles. The highest BCUT2D eigenvalue weighted by atomic mass is 16.5. The Balaban J connectivity index is 1.83. The van der Waals surface area contributed by atoms with Crippen LogP contribution in [0.4, 0.5) is 0 Å². The maximum atomic E-state index is 5.75. The van der Waals surface area contributed by atoms with Crippen molar-refractivity contribution in [1.29, 1.82) is 0 Å². The summed E-state index contributed by atoms with van der Waals surface area (Å²) in [5.74, 6) is 2.25. The van der Waals surface area contributed by atoms with Crippen molar-refractivity contribution < 1.29 is 14.2 Å². The highest BCUT2D eigenvalue weighted by Gasteiger charge is 2.05. The SMILES string of the molecule is CCCc1ccc(OCCOc2cc(CN)ccc2OC)cc1. The van der Waals surface area contributed by atoms with Crippen molar-refractivity contribution in [3.05, 3.63) is 53.6 Å². The Kier molecular flexibility index (Phi) is 6.76. The summed E-state index contributed by atoms with van der Waals surface area (Å²) in [5, 5.41) is 0. The van der Waals surface area contributed by atoms with Gasteiger partial charge in [-0.1, -0.05) is 31.5 Å². The molecule has 4 heteroatoms. The van der Waals surface area contributed by atoms with Crippen LogP contribution in [0.5, 0.6) is 17.2 Å². The van der Waals surface area contributed by atoms with E-state index in [2.05, 4.69) is 19.1 Å². The molecule has 2 N–H and O–H groups in total. The van der Waals surface area contributed by atoms with E-state index in [-0.39, 0.29) is 0 Å². The molecule has 0 aromatic heterocycles. The predicted octanol–water partition coefficient (Wildman–Crippen LogP) is 3.56. The van der Waals surface area contributed by atoms with Crippen molar-refractivity contribution in [2.75, 3.05) is 20.3 Å².